The smallest absolute Gasteiger partial charge is 0.271 e. The van der Waals surface area contributed by atoms with E-state index >= 15 is 0 Å². The van der Waals surface area contributed by atoms with E-state index in [0.717, 1.165) is 25.3 Å². The zero-order valence-electron chi connectivity index (χ0n) is 13.1. The summed E-state index contributed by atoms with van der Waals surface area (Å²) in [6.07, 6.45) is 13.9. The predicted octanol–water partition coefficient (Wildman–Crippen LogP) is 2.70. The van der Waals surface area contributed by atoms with Crippen LogP contribution < -0.4 is 10.2 Å². The minimum Gasteiger partial charge on any atom is -0.355 e. The van der Waals surface area contributed by atoms with Crippen LogP contribution in [0.1, 0.15) is 55.4 Å². The number of anilines is 1. The molecule has 0 atom stereocenters. The Morgan fingerprint density at radius 3 is 2.68 bits per heavy atom. The Morgan fingerprint density at radius 1 is 1.14 bits per heavy atom. The average Bonchev–Trinajstić information content (AvgIpc) is 3.10. The summed E-state index contributed by atoms with van der Waals surface area (Å²) in [7, 11) is 0. The number of carbonyl (C=O) groups is 1. The van der Waals surface area contributed by atoms with Gasteiger partial charge in [0.15, 0.2) is 0 Å². The van der Waals surface area contributed by atoms with Crippen LogP contribution in [-0.4, -0.2) is 35.5 Å². The minimum atomic E-state index is -0.128. The zero-order chi connectivity index (χ0) is 15.2. The van der Waals surface area contributed by atoms with Crippen LogP contribution in [0.25, 0.3) is 0 Å². The highest BCUT2D eigenvalue weighted by Gasteiger charge is 2.15. The zero-order valence-corrected chi connectivity index (χ0v) is 13.1. The number of allylic oxidation sites excluding steroid dienone is 1. The second-order valence-corrected chi connectivity index (χ2v) is 6.07. The summed E-state index contributed by atoms with van der Waals surface area (Å²) in [5.74, 6) is 0.748. The Morgan fingerprint density at radius 2 is 2.00 bits per heavy atom. The molecule has 1 aliphatic carbocycles. The normalized spacial score (nSPS) is 18.2. The first kappa shape index (κ1) is 15.0. The lowest BCUT2D eigenvalue weighted by atomic mass is 9.97. The summed E-state index contributed by atoms with van der Waals surface area (Å²) in [5, 5.41) is 2.94. The molecule has 1 saturated heterocycles. The van der Waals surface area contributed by atoms with Gasteiger partial charge >= 0.3 is 0 Å². The SMILES string of the molecule is O=C(NCCC1=CCCCC1)c1cnc(N2CCCC2)cn1. The Hall–Kier alpha value is -1.91. The van der Waals surface area contributed by atoms with Crippen molar-refractivity contribution in [2.45, 2.75) is 44.9 Å². The van der Waals surface area contributed by atoms with E-state index in [-0.39, 0.29) is 5.91 Å². The van der Waals surface area contributed by atoms with Crippen molar-refractivity contribution in [2.24, 2.45) is 0 Å². The Labute approximate surface area is 131 Å². The van der Waals surface area contributed by atoms with Gasteiger partial charge in [0.25, 0.3) is 5.91 Å². The molecule has 2 aliphatic rings. The van der Waals surface area contributed by atoms with Gasteiger partial charge in [-0.3, -0.25) is 4.79 Å². The van der Waals surface area contributed by atoms with Crippen molar-refractivity contribution in [1.29, 1.82) is 0 Å². The van der Waals surface area contributed by atoms with Crippen molar-refractivity contribution >= 4 is 11.7 Å². The van der Waals surface area contributed by atoms with Crippen LogP contribution in [0.4, 0.5) is 5.82 Å². The van der Waals surface area contributed by atoms with E-state index < -0.39 is 0 Å². The van der Waals surface area contributed by atoms with Crippen molar-refractivity contribution in [3.63, 3.8) is 0 Å². The van der Waals surface area contributed by atoms with Gasteiger partial charge < -0.3 is 10.2 Å². The van der Waals surface area contributed by atoms with Gasteiger partial charge in [0.1, 0.15) is 11.5 Å². The average molecular weight is 300 g/mol. The van der Waals surface area contributed by atoms with Crippen molar-refractivity contribution in [2.75, 3.05) is 24.5 Å². The predicted molar refractivity (Wildman–Crippen MR) is 87.0 cm³/mol. The van der Waals surface area contributed by atoms with E-state index in [1.54, 1.807) is 12.4 Å². The number of rotatable bonds is 5. The van der Waals surface area contributed by atoms with Crippen LogP contribution in [-0.2, 0) is 0 Å². The van der Waals surface area contributed by atoms with Gasteiger partial charge in [-0.25, -0.2) is 9.97 Å². The molecule has 118 valence electrons. The molecule has 1 aromatic rings. The fourth-order valence-corrected chi connectivity index (χ4v) is 3.11. The quantitative estimate of drug-likeness (QED) is 0.849. The largest absolute Gasteiger partial charge is 0.355 e. The molecule has 5 nitrogen and oxygen atoms in total. The highest BCUT2D eigenvalue weighted by atomic mass is 16.1. The molecule has 5 heteroatoms. The Bertz CT molecular complexity index is 532. The molecule has 22 heavy (non-hydrogen) atoms. The van der Waals surface area contributed by atoms with Gasteiger partial charge in [-0.05, 0) is 44.9 Å². The van der Waals surface area contributed by atoms with E-state index in [1.165, 1.54) is 44.1 Å². The minimum absolute atomic E-state index is 0.128. The summed E-state index contributed by atoms with van der Waals surface area (Å²) >= 11 is 0. The second kappa shape index (κ2) is 7.38. The molecule has 0 spiro atoms. The number of nitrogens with zero attached hydrogens (tertiary/aromatic N) is 3. The molecule has 1 amide bonds. The molecule has 0 aromatic carbocycles. The Kier molecular flexibility index (Phi) is 5.03. The summed E-state index contributed by atoms with van der Waals surface area (Å²) in [4.78, 5) is 22.9. The number of nitrogens with one attached hydrogen (secondary N) is 1. The number of hydrogen-bond donors (Lipinski definition) is 1. The lowest BCUT2D eigenvalue weighted by Crippen LogP contribution is -2.26. The third-order valence-corrected chi connectivity index (χ3v) is 4.42. The van der Waals surface area contributed by atoms with Gasteiger partial charge in [0.2, 0.25) is 0 Å². The molecular formula is C17H24N4O. The molecule has 1 aromatic heterocycles. The van der Waals surface area contributed by atoms with E-state index in [2.05, 4.69) is 26.3 Å². The maximum absolute atomic E-state index is 12.1. The molecule has 0 saturated carbocycles. The van der Waals surface area contributed by atoms with Crippen molar-refractivity contribution < 1.29 is 4.79 Å². The topological polar surface area (TPSA) is 58.1 Å². The van der Waals surface area contributed by atoms with Crippen molar-refractivity contribution in [1.82, 2.24) is 15.3 Å². The fourth-order valence-electron chi connectivity index (χ4n) is 3.11. The molecule has 1 N–H and O–H groups in total. The number of hydrogen-bond acceptors (Lipinski definition) is 4. The molecule has 0 bridgehead atoms. The van der Waals surface area contributed by atoms with Crippen LogP contribution in [0.3, 0.4) is 0 Å². The van der Waals surface area contributed by atoms with Crippen molar-refractivity contribution in [3.05, 3.63) is 29.7 Å². The second-order valence-electron chi connectivity index (χ2n) is 6.07. The molecular weight excluding hydrogens is 276 g/mol. The van der Waals surface area contributed by atoms with E-state index in [0.29, 0.717) is 12.2 Å². The molecule has 0 radical (unpaired) electrons. The maximum Gasteiger partial charge on any atom is 0.271 e. The monoisotopic (exact) mass is 300 g/mol. The first-order valence-electron chi connectivity index (χ1n) is 8.36. The van der Waals surface area contributed by atoms with Crippen LogP contribution in [0, 0.1) is 0 Å². The van der Waals surface area contributed by atoms with Crippen LogP contribution in [0.5, 0.6) is 0 Å². The van der Waals surface area contributed by atoms with E-state index in [9.17, 15) is 4.79 Å². The first-order valence-corrected chi connectivity index (χ1v) is 8.36. The van der Waals surface area contributed by atoms with Crippen LogP contribution >= 0.6 is 0 Å². The fraction of sp³-hybridized carbons (Fsp3) is 0.588. The number of carbonyl (C=O) groups excluding carboxylic acids is 1. The first-order chi connectivity index (χ1) is 10.8. The number of amides is 1. The molecule has 2 heterocycles. The third kappa shape index (κ3) is 3.84. The van der Waals surface area contributed by atoms with E-state index in [1.807, 2.05) is 0 Å². The van der Waals surface area contributed by atoms with Gasteiger partial charge in [-0.15, -0.1) is 0 Å². The molecule has 3 rings (SSSR count). The molecule has 1 fully saturated rings. The van der Waals surface area contributed by atoms with Crippen LogP contribution in [0.15, 0.2) is 24.0 Å². The standard InChI is InChI=1S/C17H24N4O/c22-17(18-9-8-14-6-2-1-3-7-14)15-12-20-16(13-19-15)21-10-4-5-11-21/h6,12-13H,1-5,7-11H2,(H,18,22). The van der Waals surface area contributed by atoms with Gasteiger partial charge in [0, 0.05) is 19.6 Å². The summed E-state index contributed by atoms with van der Waals surface area (Å²) in [5.41, 5.74) is 1.88. The van der Waals surface area contributed by atoms with E-state index in [4.69, 9.17) is 0 Å². The van der Waals surface area contributed by atoms with Gasteiger partial charge in [0.05, 0.1) is 12.4 Å². The highest BCUT2D eigenvalue weighted by molar-refractivity contribution is 5.92. The van der Waals surface area contributed by atoms with Crippen molar-refractivity contribution in [3.8, 4) is 0 Å². The third-order valence-electron chi connectivity index (χ3n) is 4.42. The summed E-state index contributed by atoms with van der Waals surface area (Å²) in [6.45, 7) is 2.75. The lowest BCUT2D eigenvalue weighted by molar-refractivity contribution is 0.0948. The summed E-state index contributed by atoms with van der Waals surface area (Å²) < 4.78 is 0. The maximum atomic E-state index is 12.1. The lowest BCUT2D eigenvalue weighted by Gasteiger charge is -2.15. The van der Waals surface area contributed by atoms with Gasteiger partial charge in [-0.1, -0.05) is 11.6 Å². The Balaban J connectivity index is 1.48. The molecule has 0 unspecified atom stereocenters. The summed E-state index contributed by atoms with van der Waals surface area (Å²) in [6, 6.07) is 0. The highest BCUT2D eigenvalue weighted by Crippen LogP contribution is 2.19. The van der Waals surface area contributed by atoms with Crippen LogP contribution in [0.2, 0.25) is 0 Å². The molecule has 1 aliphatic heterocycles. The number of aromatic nitrogens is 2. The van der Waals surface area contributed by atoms with Gasteiger partial charge in [-0.2, -0.15) is 0 Å².